The van der Waals surface area contributed by atoms with Crippen LogP contribution >= 0.6 is 11.8 Å². The van der Waals surface area contributed by atoms with Crippen molar-refractivity contribution in [1.82, 2.24) is 5.43 Å². The van der Waals surface area contributed by atoms with Crippen molar-refractivity contribution >= 4 is 22.8 Å². The molecule has 96 valence electrons. The van der Waals surface area contributed by atoms with Crippen molar-refractivity contribution in [3.8, 4) is 0 Å². The van der Waals surface area contributed by atoms with Gasteiger partial charge in [0, 0.05) is 10.5 Å². The first kappa shape index (κ1) is 13.3. The summed E-state index contributed by atoms with van der Waals surface area (Å²) in [5.74, 6) is 4.71. The highest BCUT2D eigenvalue weighted by atomic mass is 32.2. The van der Waals surface area contributed by atoms with E-state index in [1.807, 2.05) is 6.07 Å². The lowest BCUT2D eigenvalue weighted by Crippen LogP contribution is -2.30. The van der Waals surface area contributed by atoms with E-state index >= 15 is 0 Å². The lowest BCUT2D eigenvalue weighted by Gasteiger charge is -2.06. The van der Waals surface area contributed by atoms with Gasteiger partial charge in [-0.05, 0) is 23.9 Å². The van der Waals surface area contributed by atoms with Crippen molar-refractivity contribution in [3.05, 3.63) is 65.7 Å². The van der Waals surface area contributed by atoms with Crippen LogP contribution in [0.2, 0.25) is 0 Å². The molecule has 0 unspecified atom stereocenters. The predicted octanol–water partition coefficient (Wildman–Crippen LogP) is 2.22. The van der Waals surface area contributed by atoms with E-state index in [2.05, 4.69) is 5.43 Å². The van der Waals surface area contributed by atoms with Gasteiger partial charge < -0.3 is 0 Å². The zero-order valence-electron chi connectivity index (χ0n) is 10.00. The average Bonchev–Trinajstić information content (AvgIpc) is 2.48. The molecule has 0 bridgehead atoms. The van der Waals surface area contributed by atoms with Crippen LogP contribution in [0.25, 0.3) is 0 Å². The summed E-state index contributed by atoms with van der Waals surface area (Å²) >= 11 is 1.01. The molecule has 0 aromatic heterocycles. The fraction of sp³-hybridized carbons (Fsp3) is 0. The Labute approximate surface area is 115 Å². The lowest BCUT2D eigenvalue weighted by atomic mass is 10.2. The third-order valence-corrected chi connectivity index (χ3v) is 3.47. The fourth-order valence-electron chi connectivity index (χ4n) is 1.55. The molecule has 0 aliphatic heterocycles. The highest BCUT2D eigenvalue weighted by molar-refractivity contribution is 8.14. The molecule has 5 heteroatoms. The molecule has 19 heavy (non-hydrogen) atoms. The SMILES string of the molecule is NNC(=O)c1ccccc1SC(=O)c1ccccc1. The summed E-state index contributed by atoms with van der Waals surface area (Å²) in [6, 6.07) is 15.8. The molecule has 2 rings (SSSR count). The van der Waals surface area contributed by atoms with Gasteiger partial charge in [-0.25, -0.2) is 5.84 Å². The van der Waals surface area contributed by atoms with Crippen LogP contribution < -0.4 is 11.3 Å². The first-order chi connectivity index (χ1) is 9.22. The maximum atomic E-state index is 12.1. The van der Waals surface area contributed by atoms with Crippen molar-refractivity contribution in [1.29, 1.82) is 0 Å². The normalized spacial score (nSPS) is 9.95. The van der Waals surface area contributed by atoms with Crippen LogP contribution in [0.15, 0.2) is 59.5 Å². The summed E-state index contributed by atoms with van der Waals surface area (Å²) in [7, 11) is 0. The minimum atomic E-state index is -0.413. The average molecular weight is 272 g/mol. The number of hydrazine groups is 1. The zero-order chi connectivity index (χ0) is 13.7. The van der Waals surface area contributed by atoms with Gasteiger partial charge in [0.25, 0.3) is 5.91 Å². The summed E-state index contributed by atoms with van der Waals surface area (Å²) < 4.78 is 0. The number of hydrogen-bond acceptors (Lipinski definition) is 4. The molecule has 0 spiro atoms. The smallest absolute Gasteiger partial charge is 0.266 e. The van der Waals surface area contributed by atoms with Crippen LogP contribution in [0.1, 0.15) is 20.7 Å². The van der Waals surface area contributed by atoms with Crippen molar-refractivity contribution in [2.45, 2.75) is 4.90 Å². The lowest BCUT2D eigenvalue weighted by molar-refractivity contribution is 0.0950. The number of carbonyl (C=O) groups is 2. The number of nitrogen functional groups attached to an aromatic ring is 1. The first-order valence-corrected chi connectivity index (χ1v) is 6.41. The highest BCUT2D eigenvalue weighted by Gasteiger charge is 2.14. The summed E-state index contributed by atoms with van der Waals surface area (Å²) in [6.07, 6.45) is 0. The molecule has 0 aliphatic carbocycles. The summed E-state index contributed by atoms with van der Waals surface area (Å²) in [5.41, 5.74) is 3.05. The van der Waals surface area contributed by atoms with Crippen LogP contribution in [0.3, 0.4) is 0 Å². The number of nitrogens with one attached hydrogen (secondary N) is 1. The van der Waals surface area contributed by atoms with E-state index in [4.69, 9.17) is 5.84 Å². The van der Waals surface area contributed by atoms with Crippen LogP contribution in [0, 0.1) is 0 Å². The molecule has 1 amide bonds. The van der Waals surface area contributed by atoms with Crippen LogP contribution in [0.4, 0.5) is 0 Å². The Kier molecular flexibility index (Phi) is 4.33. The van der Waals surface area contributed by atoms with E-state index in [9.17, 15) is 9.59 Å². The van der Waals surface area contributed by atoms with Gasteiger partial charge in [-0.2, -0.15) is 0 Å². The number of nitrogens with two attached hydrogens (primary N) is 1. The van der Waals surface area contributed by atoms with Gasteiger partial charge in [-0.1, -0.05) is 42.5 Å². The standard InChI is InChI=1S/C14H12N2O2S/c15-16-13(17)11-8-4-5-9-12(11)19-14(18)10-6-2-1-3-7-10/h1-9H,15H2,(H,16,17). The summed E-state index contributed by atoms with van der Waals surface area (Å²) in [5, 5.41) is -0.113. The van der Waals surface area contributed by atoms with Gasteiger partial charge in [0.2, 0.25) is 5.12 Å². The maximum Gasteiger partial charge on any atom is 0.266 e. The number of rotatable bonds is 3. The molecule has 0 atom stereocenters. The Morgan fingerprint density at radius 1 is 0.947 bits per heavy atom. The topological polar surface area (TPSA) is 72.2 Å². The Morgan fingerprint density at radius 2 is 1.58 bits per heavy atom. The predicted molar refractivity (Wildman–Crippen MR) is 74.7 cm³/mol. The van der Waals surface area contributed by atoms with Crippen molar-refractivity contribution in [2.75, 3.05) is 0 Å². The second-order valence-corrected chi connectivity index (χ2v) is 4.74. The number of carbonyl (C=O) groups excluding carboxylic acids is 2. The number of benzene rings is 2. The van der Waals surface area contributed by atoms with Gasteiger partial charge in [0.05, 0.1) is 5.56 Å². The van der Waals surface area contributed by atoms with E-state index in [0.29, 0.717) is 16.0 Å². The molecular formula is C14H12N2O2S. The highest BCUT2D eigenvalue weighted by Crippen LogP contribution is 2.26. The Hall–Kier alpha value is -2.11. The number of thioether (sulfide) groups is 1. The molecule has 0 fully saturated rings. The van der Waals surface area contributed by atoms with Gasteiger partial charge >= 0.3 is 0 Å². The number of hydrogen-bond donors (Lipinski definition) is 2. The molecule has 2 aromatic carbocycles. The molecule has 0 saturated carbocycles. The molecule has 0 radical (unpaired) electrons. The minimum absolute atomic E-state index is 0.113. The van der Waals surface area contributed by atoms with E-state index in [1.165, 1.54) is 0 Å². The van der Waals surface area contributed by atoms with Gasteiger partial charge in [0.15, 0.2) is 0 Å². The molecule has 0 saturated heterocycles. The Bertz CT molecular complexity index is 599. The fourth-order valence-corrected chi connectivity index (χ4v) is 2.42. The zero-order valence-corrected chi connectivity index (χ0v) is 10.8. The molecule has 0 aliphatic rings. The van der Waals surface area contributed by atoms with Crippen LogP contribution in [0.5, 0.6) is 0 Å². The van der Waals surface area contributed by atoms with E-state index < -0.39 is 5.91 Å². The second kappa shape index (κ2) is 6.17. The van der Waals surface area contributed by atoms with E-state index in [0.717, 1.165) is 11.8 Å². The van der Waals surface area contributed by atoms with E-state index in [-0.39, 0.29) is 5.12 Å². The maximum absolute atomic E-state index is 12.1. The second-order valence-electron chi connectivity index (χ2n) is 3.73. The molecule has 0 heterocycles. The van der Waals surface area contributed by atoms with Gasteiger partial charge in [-0.15, -0.1) is 0 Å². The third kappa shape index (κ3) is 3.21. The van der Waals surface area contributed by atoms with Crippen molar-refractivity contribution in [3.63, 3.8) is 0 Å². The van der Waals surface area contributed by atoms with E-state index in [1.54, 1.807) is 48.5 Å². The minimum Gasteiger partial charge on any atom is -0.290 e. The van der Waals surface area contributed by atoms with Gasteiger partial charge in [-0.3, -0.25) is 15.0 Å². The molecular weight excluding hydrogens is 260 g/mol. The molecule has 2 aromatic rings. The third-order valence-electron chi connectivity index (χ3n) is 2.47. The van der Waals surface area contributed by atoms with Crippen LogP contribution in [-0.2, 0) is 0 Å². The van der Waals surface area contributed by atoms with Gasteiger partial charge in [0.1, 0.15) is 0 Å². The largest absolute Gasteiger partial charge is 0.290 e. The van der Waals surface area contributed by atoms with Crippen molar-refractivity contribution < 1.29 is 9.59 Å². The monoisotopic (exact) mass is 272 g/mol. The summed E-state index contributed by atoms with van der Waals surface area (Å²) in [6.45, 7) is 0. The summed E-state index contributed by atoms with van der Waals surface area (Å²) in [4.78, 5) is 24.3. The van der Waals surface area contributed by atoms with Crippen molar-refractivity contribution in [2.24, 2.45) is 5.84 Å². The Balaban J connectivity index is 2.25. The first-order valence-electron chi connectivity index (χ1n) is 5.59. The number of amides is 1. The van der Waals surface area contributed by atoms with Crippen LogP contribution in [-0.4, -0.2) is 11.0 Å². The quantitative estimate of drug-likeness (QED) is 0.389. The molecule has 3 N–H and O–H groups in total. The Morgan fingerprint density at radius 3 is 2.26 bits per heavy atom. The molecule has 4 nitrogen and oxygen atoms in total.